The summed E-state index contributed by atoms with van der Waals surface area (Å²) in [6.45, 7) is 1.17. The lowest BCUT2D eigenvalue weighted by Gasteiger charge is -2.36. The fourth-order valence-corrected chi connectivity index (χ4v) is 2.93. The molecular formula is C16H23N5O4. The van der Waals surface area contributed by atoms with E-state index in [1.165, 1.54) is 18.2 Å². The summed E-state index contributed by atoms with van der Waals surface area (Å²) in [4.78, 5) is 36.5. The molecule has 0 spiro atoms. The van der Waals surface area contributed by atoms with Crippen molar-refractivity contribution >= 4 is 23.2 Å². The van der Waals surface area contributed by atoms with Gasteiger partial charge in [0.05, 0.1) is 4.92 Å². The quantitative estimate of drug-likeness (QED) is 0.390. The average molecular weight is 349 g/mol. The van der Waals surface area contributed by atoms with Gasteiger partial charge in [0.25, 0.3) is 11.6 Å². The highest BCUT2D eigenvalue weighted by Gasteiger charge is 2.28. The second kappa shape index (κ2) is 8.43. The number of carbonyl (C=O) groups is 2. The van der Waals surface area contributed by atoms with Crippen molar-refractivity contribution in [1.29, 1.82) is 0 Å². The van der Waals surface area contributed by atoms with E-state index in [0.717, 1.165) is 19.3 Å². The molecular weight excluding hydrogens is 326 g/mol. The second-order valence-electron chi connectivity index (χ2n) is 6.02. The van der Waals surface area contributed by atoms with Gasteiger partial charge in [-0.3, -0.25) is 19.7 Å². The molecule has 1 aliphatic rings. The van der Waals surface area contributed by atoms with Crippen LogP contribution in [-0.4, -0.2) is 47.3 Å². The van der Waals surface area contributed by atoms with Gasteiger partial charge in [-0.05, 0) is 31.4 Å². The number of rotatable bonds is 6. The third kappa shape index (κ3) is 4.66. The molecule has 1 saturated heterocycles. The first-order valence-electron chi connectivity index (χ1n) is 8.25. The lowest BCUT2D eigenvalue weighted by Crippen LogP contribution is -2.49. The zero-order valence-corrected chi connectivity index (χ0v) is 13.9. The normalized spacial score (nSPS) is 17.2. The monoisotopic (exact) mass is 349 g/mol. The summed E-state index contributed by atoms with van der Waals surface area (Å²) in [6.07, 6.45) is 2.83. The first kappa shape index (κ1) is 18.7. The molecule has 1 unspecified atom stereocenters. The van der Waals surface area contributed by atoms with E-state index in [2.05, 4.69) is 5.32 Å². The van der Waals surface area contributed by atoms with Crippen LogP contribution in [0.4, 0.5) is 11.4 Å². The summed E-state index contributed by atoms with van der Waals surface area (Å²) in [6, 6.07) is 3.92. The maximum atomic E-state index is 12.8. The Morgan fingerprint density at radius 1 is 1.36 bits per heavy atom. The van der Waals surface area contributed by atoms with E-state index in [-0.39, 0.29) is 47.8 Å². The summed E-state index contributed by atoms with van der Waals surface area (Å²) in [7, 11) is 0. The molecule has 136 valence electrons. The first-order chi connectivity index (χ1) is 11.9. The van der Waals surface area contributed by atoms with Crippen molar-refractivity contribution in [2.75, 3.05) is 25.4 Å². The summed E-state index contributed by atoms with van der Waals surface area (Å²) >= 11 is 0. The predicted octanol–water partition coefficient (Wildman–Crippen LogP) is 0.637. The van der Waals surface area contributed by atoms with Gasteiger partial charge in [0.15, 0.2) is 0 Å². The number of nitro groups is 1. The van der Waals surface area contributed by atoms with Crippen LogP contribution in [0.25, 0.3) is 0 Å². The molecule has 0 aliphatic carbocycles. The largest absolute Gasteiger partial charge is 0.393 e. The number of benzene rings is 1. The highest BCUT2D eigenvalue weighted by atomic mass is 16.6. The van der Waals surface area contributed by atoms with Crippen LogP contribution >= 0.6 is 0 Å². The molecule has 9 nitrogen and oxygen atoms in total. The van der Waals surface area contributed by atoms with Crippen molar-refractivity contribution < 1.29 is 14.5 Å². The van der Waals surface area contributed by atoms with Crippen LogP contribution in [0, 0.1) is 10.1 Å². The standard InChI is InChI=1S/C16H23N5O4/c17-7-6-15(22)19-10-12-3-1-2-8-20(12)16(23)11-4-5-13(18)14(9-11)21(24)25/h4-5,9,12H,1-3,6-8,10,17-18H2,(H,19,22). The molecule has 1 aromatic carbocycles. The van der Waals surface area contributed by atoms with Crippen LogP contribution in [0.15, 0.2) is 18.2 Å². The number of nitrogens with zero attached hydrogens (tertiary/aromatic N) is 2. The molecule has 1 heterocycles. The summed E-state index contributed by atoms with van der Waals surface area (Å²) in [5, 5.41) is 13.8. The minimum absolute atomic E-state index is 0.0193. The zero-order valence-electron chi connectivity index (χ0n) is 13.9. The Labute approximate surface area is 145 Å². The van der Waals surface area contributed by atoms with Crippen molar-refractivity contribution in [3.63, 3.8) is 0 Å². The third-order valence-corrected chi connectivity index (χ3v) is 4.27. The van der Waals surface area contributed by atoms with E-state index >= 15 is 0 Å². The Balaban J connectivity index is 2.13. The van der Waals surface area contributed by atoms with Gasteiger partial charge in [-0.2, -0.15) is 0 Å². The molecule has 9 heteroatoms. The van der Waals surface area contributed by atoms with Crippen LogP contribution in [-0.2, 0) is 4.79 Å². The Kier molecular flexibility index (Phi) is 6.29. The van der Waals surface area contributed by atoms with Crippen LogP contribution < -0.4 is 16.8 Å². The van der Waals surface area contributed by atoms with Crippen molar-refractivity contribution in [2.45, 2.75) is 31.7 Å². The number of nitrogens with one attached hydrogen (secondary N) is 1. The van der Waals surface area contributed by atoms with Crippen molar-refractivity contribution in [3.05, 3.63) is 33.9 Å². The maximum Gasteiger partial charge on any atom is 0.292 e. The van der Waals surface area contributed by atoms with Crippen LogP contribution in [0.3, 0.4) is 0 Å². The Hall–Kier alpha value is -2.68. The average Bonchev–Trinajstić information content (AvgIpc) is 2.60. The van der Waals surface area contributed by atoms with Gasteiger partial charge in [0.2, 0.25) is 5.91 Å². The number of likely N-dealkylation sites (tertiary alicyclic amines) is 1. The van der Waals surface area contributed by atoms with Gasteiger partial charge in [0, 0.05) is 43.7 Å². The van der Waals surface area contributed by atoms with Gasteiger partial charge >= 0.3 is 0 Å². The molecule has 1 atom stereocenters. The van der Waals surface area contributed by atoms with Gasteiger partial charge in [0.1, 0.15) is 5.69 Å². The molecule has 2 rings (SSSR count). The van der Waals surface area contributed by atoms with Gasteiger partial charge < -0.3 is 21.7 Å². The zero-order chi connectivity index (χ0) is 18.4. The summed E-state index contributed by atoms with van der Waals surface area (Å²) in [5.74, 6) is -0.440. The number of carbonyl (C=O) groups excluding carboxylic acids is 2. The number of piperidine rings is 1. The molecule has 1 aromatic rings. The minimum Gasteiger partial charge on any atom is -0.393 e. The van der Waals surface area contributed by atoms with Crippen LogP contribution in [0.5, 0.6) is 0 Å². The second-order valence-corrected chi connectivity index (χ2v) is 6.02. The molecule has 25 heavy (non-hydrogen) atoms. The molecule has 0 aromatic heterocycles. The lowest BCUT2D eigenvalue weighted by molar-refractivity contribution is -0.383. The van der Waals surface area contributed by atoms with Gasteiger partial charge in [-0.25, -0.2) is 0 Å². The minimum atomic E-state index is -0.604. The van der Waals surface area contributed by atoms with Crippen LogP contribution in [0.1, 0.15) is 36.0 Å². The lowest BCUT2D eigenvalue weighted by atomic mass is 10.00. The molecule has 0 radical (unpaired) electrons. The van der Waals surface area contributed by atoms with E-state index in [0.29, 0.717) is 13.1 Å². The SMILES string of the molecule is NCCC(=O)NCC1CCCCN1C(=O)c1ccc(N)c([N+](=O)[O-])c1. The molecule has 5 N–H and O–H groups in total. The number of anilines is 1. The fourth-order valence-electron chi connectivity index (χ4n) is 2.93. The highest BCUT2D eigenvalue weighted by Crippen LogP contribution is 2.25. The van der Waals surface area contributed by atoms with E-state index in [4.69, 9.17) is 11.5 Å². The number of nitro benzene ring substituents is 1. The van der Waals surface area contributed by atoms with E-state index in [1.54, 1.807) is 4.90 Å². The van der Waals surface area contributed by atoms with Crippen molar-refractivity contribution in [2.24, 2.45) is 5.73 Å². The predicted molar refractivity (Wildman–Crippen MR) is 92.9 cm³/mol. The van der Waals surface area contributed by atoms with Gasteiger partial charge in [-0.1, -0.05) is 0 Å². The van der Waals surface area contributed by atoms with Crippen LogP contribution in [0.2, 0.25) is 0 Å². The summed E-state index contributed by atoms with van der Waals surface area (Å²) < 4.78 is 0. The first-order valence-corrected chi connectivity index (χ1v) is 8.25. The molecule has 0 saturated carbocycles. The van der Waals surface area contributed by atoms with E-state index in [1.807, 2.05) is 0 Å². The van der Waals surface area contributed by atoms with Crippen molar-refractivity contribution in [3.8, 4) is 0 Å². The summed E-state index contributed by atoms with van der Waals surface area (Å²) in [5.41, 5.74) is 10.9. The number of amides is 2. The number of hydrogen-bond donors (Lipinski definition) is 3. The molecule has 2 amide bonds. The Bertz CT molecular complexity index is 664. The molecule has 0 bridgehead atoms. The number of nitrogens with two attached hydrogens (primary N) is 2. The Morgan fingerprint density at radius 2 is 2.12 bits per heavy atom. The molecule has 1 fully saturated rings. The fraction of sp³-hybridized carbons (Fsp3) is 0.500. The maximum absolute atomic E-state index is 12.8. The Morgan fingerprint density at radius 3 is 2.80 bits per heavy atom. The number of nitrogen functional groups attached to an aromatic ring is 1. The smallest absolute Gasteiger partial charge is 0.292 e. The van der Waals surface area contributed by atoms with Crippen molar-refractivity contribution in [1.82, 2.24) is 10.2 Å². The molecule has 1 aliphatic heterocycles. The third-order valence-electron chi connectivity index (χ3n) is 4.27. The van der Waals surface area contributed by atoms with E-state index in [9.17, 15) is 19.7 Å². The van der Waals surface area contributed by atoms with E-state index < -0.39 is 4.92 Å². The van der Waals surface area contributed by atoms with Gasteiger partial charge in [-0.15, -0.1) is 0 Å². The highest BCUT2D eigenvalue weighted by molar-refractivity contribution is 5.96. The topological polar surface area (TPSA) is 145 Å². The number of hydrogen-bond acceptors (Lipinski definition) is 6.